The summed E-state index contributed by atoms with van der Waals surface area (Å²) < 4.78 is 25.1. The molecule has 9 heteroatoms. The summed E-state index contributed by atoms with van der Waals surface area (Å²) in [6.45, 7) is 2.22. The quantitative estimate of drug-likeness (QED) is 0.302. The number of halogens is 1. The molecule has 2 N–H and O–H groups in total. The minimum Gasteiger partial charge on any atom is -0.490 e. The number of amides is 2. The Kier molecular flexibility index (Phi) is 8.30. The molecule has 0 aliphatic carbocycles. The number of carbonyl (C=O) groups excluding carboxylic acids is 2. The Bertz CT molecular complexity index is 1240. The number of hydrazone groups is 1. The summed E-state index contributed by atoms with van der Waals surface area (Å²) in [5.74, 6) is -1.38. The standard InChI is InChI=1S/C25H21FN4O4/c1-2-33-23-13-18(9-12-22(23)34-16-19-5-3-4-6-21(19)26)15-28-30-25(32)24(31)29-20-10-7-17(14-27)8-11-20/h3-13,15H,2,16H2,1H3,(H,29,31)(H,30,32)/b28-15+. The Morgan fingerprint density at radius 1 is 1.03 bits per heavy atom. The van der Waals surface area contributed by atoms with Crippen LogP contribution >= 0.6 is 0 Å². The number of hydrogen-bond donors (Lipinski definition) is 2. The van der Waals surface area contributed by atoms with Crippen molar-refractivity contribution in [3.63, 3.8) is 0 Å². The summed E-state index contributed by atoms with van der Waals surface area (Å²) in [5.41, 5.74) is 3.94. The molecule has 0 heterocycles. The number of carbonyl (C=O) groups is 2. The zero-order chi connectivity index (χ0) is 24.3. The van der Waals surface area contributed by atoms with Crippen molar-refractivity contribution in [1.82, 2.24) is 5.43 Å². The first kappa shape index (κ1) is 23.9. The second-order valence-electron chi connectivity index (χ2n) is 6.86. The van der Waals surface area contributed by atoms with Crippen LogP contribution in [0.25, 0.3) is 0 Å². The molecule has 3 aromatic rings. The third-order valence-corrected chi connectivity index (χ3v) is 4.47. The zero-order valence-corrected chi connectivity index (χ0v) is 18.2. The molecule has 0 bridgehead atoms. The number of anilines is 1. The lowest BCUT2D eigenvalue weighted by atomic mass is 10.2. The van der Waals surface area contributed by atoms with Gasteiger partial charge in [-0.1, -0.05) is 18.2 Å². The lowest BCUT2D eigenvalue weighted by molar-refractivity contribution is -0.136. The van der Waals surface area contributed by atoms with Crippen LogP contribution in [-0.2, 0) is 16.2 Å². The second-order valence-corrected chi connectivity index (χ2v) is 6.86. The maximum Gasteiger partial charge on any atom is 0.329 e. The van der Waals surface area contributed by atoms with Crippen molar-refractivity contribution in [2.24, 2.45) is 5.10 Å². The summed E-state index contributed by atoms with van der Waals surface area (Å²) in [7, 11) is 0. The van der Waals surface area contributed by atoms with Crippen molar-refractivity contribution in [1.29, 1.82) is 5.26 Å². The van der Waals surface area contributed by atoms with Crippen LogP contribution in [0.15, 0.2) is 71.8 Å². The van der Waals surface area contributed by atoms with Gasteiger partial charge < -0.3 is 14.8 Å². The molecule has 0 atom stereocenters. The molecular weight excluding hydrogens is 439 g/mol. The van der Waals surface area contributed by atoms with E-state index in [4.69, 9.17) is 14.7 Å². The summed E-state index contributed by atoms with van der Waals surface area (Å²) >= 11 is 0. The van der Waals surface area contributed by atoms with E-state index in [1.165, 1.54) is 36.5 Å². The highest BCUT2D eigenvalue weighted by Crippen LogP contribution is 2.29. The summed E-state index contributed by atoms with van der Waals surface area (Å²) in [5, 5.41) is 15.0. The van der Waals surface area contributed by atoms with E-state index in [9.17, 15) is 14.0 Å². The molecule has 34 heavy (non-hydrogen) atoms. The third kappa shape index (κ3) is 6.64. The van der Waals surface area contributed by atoms with Gasteiger partial charge in [-0.2, -0.15) is 10.4 Å². The second kappa shape index (κ2) is 11.8. The van der Waals surface area contributed by atoms with Gasteiger partial charge in [0, 0.05) is 11.3 Å². The van der Waals surface area contributed by atoms with Crippen molar-refractivity contribution in [2.75, 3.05) is 11.9 Å². The normalized spacial score (nSPS) is 10.4. The molecule has 0 aromatic heterocycles. The van der Waals surface area contributed by atoms with Crippen molar-refractivity contribution in [3.05, 3.63) is 89.2 Å². The highest BCUT2D eigenvalue weighted by molar-refractivity contribution is 6.39. The van der Waals surface area contributed by atoms with Crippen LogP contribution in [0, 0.1) is 17.1 Å². The summed E-state index contributed by atoms with van der Waals surface area (Å²) in [6, 6.07) is 19.3. The van der Waals surface area contributed by atoms with E-state index in [1.54, 1.807) is 36.4 Å². The van der Waals surface area contributed by atoms with Crippen molar-refractivity contribution in [3.8, 4) is 17.6 Å². The van der Waals surface area contributed by atoms with Gasteiger partial charge in [-0.3, -0.25) is 9.59 Å². The van der Waals surface area contributed by atoms with Crippen LogP contribution < -0.4 is 20.2 Å². The average Bonchev–Trinajstić information content (AvgIpc) is 2.85. The van der Waals surface area contributed by atoms with Crippen LogP contribution in [0.2, 0.25) is 0 Å². The maximum atomic E-state index is 13.8. The van der Waals surface area contributed by atoms with E-state index in [2.05, 4.69) is 15.8 Å². The first-order valence-electron chi connectivity index (χ1n) is 10.3. The number of nitrogens with one attached hydrogen (secondary N) is 2. The SMILES string of the molecule is CCOc1cc(/C=N/NC(=O)C(=O)Nc2ccc(C#N)cc2)ccc1OCc1ccccc1F. The summed E-state index contributed by atoms with van der Waals surface area (Å²) in [6.07, 6.45) is 1.34. The monoisotopic (exact) mass is 460 g/mol. The Hall–Kier alpha value is -4.71. The van der Waals surface area contributed by atoms with Gasteiger partial charge in [-0.05, 0) is 61.0 Å². The van der Waals surface area contributed by atoms with Gasteiger partial charge in [-0.25, -0.2) is 9.82 Å². The molecule has 0 radical (unpaired) electrons. The van der Waals surface area contributed by atoms with Gasteiger partial charge in [0.25, 0.3) is 0 Å². The number of rotatable bonds is 8. The first-order chi connectivity index (χ1) is 16.5. The van der Waals surface area contributed by atoms with Crippen LogP contribution in [-0.4, -0.2) is 24.6 Å². The van der Waals surface area contributed by atoms with E-state index in [0.29, 0.717) is 40.5 Å². The Balaban J connectivity index is 1.59. The molecule has 0 fully saturated rings. The van der Waals surface area contributed by atoms with E-state index in [0.717, 1.165) is 0 Å². The molecule has 0 aliphatic rings. The molecule has 8 nitrogen and oxygen atoms in total. The Morgan fingerprint density at radius 2 is 1.79 bits per heavy atom. The topological polar surface area (TPSA) is 113 Å². The lowest BCUT2D eigenvalue weighted by Crippen LogP contribution is -2.32. The van der Waals surface area contributed by atoms with Gasteiger partial charge in [-0.15, -0.1) is 0 Å². The Labute approximate surface area is 195 Å². The largest absolute Gasteiger partial charge is 0.490 e. The third-order valence-electron chi connectivity index (χ3n) is 4.47. The number of benzene rings is 3. The van der Waals surface area contributed by atoms with Crippen LogP contribution in [0.5, 0.6) is 11.5 Å². The van der Waals surface area contributed by atoms with Gasteiger partial charge in [0.2, 0.25) is 0 Å². The lowest BCUT2D eigenvalue weighted by Gasteiger charge is -2.13. The molecule has 0 aliphatic heterocycles. The fraction of sp³-hybridized carbons (Fsp3) is 0.120. The van der Waals surface area contributed by atoms with Gasteiger partial charge in [0.1, 0.15) is 12.4 Å². The average molecular weight is 460 g/mol. The molecule has 2 amide bonds. The predicted octanol–water partition coefficient (Wildman–Crippen LogP) is 3.76. The highest BCUT2D eigenvalue weighted by Gasteiger charge is 2.13. The molecule has 0 unspecified atom stereocenters. The van der Waals surface area contributed by atoms with Crippen molar-refractivity contribution in [2.45, 2.75) is 13.5 Å². The minimum atomic E-state index is -0.963. The summed E-state index contributed by atoms with van der Waals surface area (Å²) in [4.78, 5) is 23.9. The number of nitriles is 1. The predicted molar refractivity (Wildman–Crippen MR) is 124 cm³/mol. The molecule has 0 saturated carbocycles. The highest BCUT2D eigenvalue weighted by atomic mass is 19.1. The van der Waals surface area contributed by atoms with Gasteiger partial charge in [0.15, 0.2) is 11.5 Å². The number of ether oxygens (including phenoxy) is 2. The van der Waals surface area contributed by atoms with E-state index in [-0.39, 0.29) is 12.4 Å². The molecule has 3 rings (SSSR count). The number of nitrogens with zero attached hydrogens (tertiary/aromatic N) is 2. The first-order valence-corrected chi connectivity index (χ1v) is 10.3. The minimum absolute atomic E-state index is 0.0323. The van der Waals surface area contributed by atoms with Crippen molar-refractivity contribution < 1.29 is 23.5 Å². The fourth-order valence-electron chi connectivity index (χ4n) is 2.80. The van der Waals surface area contributed by atoms with Crippen LogP contribution in [0.4, 0.5) is 10.1 Å². The zero-order valence-electron chi connectivity index (χ0n) is 18.2. The molecular formula is C25H21FN4O4. The molecule has 3 aromatic carbocycles. The van der Waals surface area contributed by atoms with Crippen LogP contribution in [0.1, 0.15) is 23.6 Å². The van der Waals surface area contributed by atoms with E-state index in [1.807, 2.05) is 13.0 Å². The fourth-order valence-corrected chi connectivity index (χ4v) is 2.80. The van der Waals surface area contributed by atoms with Gasteiger partial charge in [0.05, 0.1) is 24.5 Å². The molecule has 0 spiro atoms. The van der Waals surface area contributed by atoms with Gasteiger partial charge >= 0.3 is 11.8 Å². The number of hydrogen-bond acceptors (Lipinski definition) is 6. The smallest absolute Gasteiger partial charge is 0.329 e. The molecule has 0 saturated heterocycles. The van der Waals surface area contributed by atoms with Crippen molar-refractivity contribution >= 4 is 23.7 Å². The van der Waals surface area contributed by atoms with E-state index >= 15 is 0 Å². The maximum absolute atomic E-state index is 13.8. The van der Waals surface area contributed by atoms with E-state index < -0.39 is 11.8 Å². The molecule has 172 valence electrons. The Morgan fingerprint density at radius 3 is 2.50 bits per heavy atom. The van der Waals surface area contributed by atoms with Crippen LogP contribution in [0.3, 0.4) is 0 Å².